The van der Waals surface area contributed by atoms with Crippen LogP contribution in [-0.4, -0.2) is 24.2 Å². The van der Waals surface area contributed by atoms with E-state index in [1.807, 2.05) is 26.0 Å². The number of sulfonamides is 1. The molecule has 0 aliphatic rings. The SMILES string of the molecule is CC(C)NCc1ccccc1NS(=O)(=O)c1ccc(-c2cc(C(F)(F)F)nn2C)s1. The lowest BCUT2D eigenvalue weighted by atomic mass is 10.2. The van der Waals surface area contributed by atoms with Gasteiger partial charge in [-0.3, -0.25) is 9.40 Å². The minimum atomic E-state index is -4.57. The van der Waals surface area contributed by atoms with Crippen LogP contribution in [0.3, 0.4) is 0 Å². The summed E-state index contributed by atoms with van der Waals surface area (Å²) in [5, 5.41) is 6.71. The molecule has 0 saturated heterocycles. The summed E-state index contributed by atoms with van der Waals surface area (Å²) in [4.78, 5) is 0.371. The first-order valence-corrected chi connectivity index (χ1v) is 11.3. The van der Waals surface area contributed by atoms with Crippen molar-refractivity contribution in [3.05, 3.63) is 53.7 Å². The number of hydrogen-bond acceptors (Lipinski definition) is 5. The number of thiophene rings is 1. The van der Waals surface area contributed by atoms with E-state index in [1.165, 1.54) is 19.2 Å². The molecule has 1 aromatic carbocycles. The number of aromatic nitrogens is 2. The number of alkyl halides is 3. The van der Waals surface area contributed by atoms with E-state index < -0.39 is 21.9 Å². The van der Waals surface area contributed by atoms with Gasteiger partial charge in [-0.15, -0.1) is 11.3 Å². The van der Waals surface area contributed by atoms with Gasteiger partial charge in [-0.25, -0.2) is 8.42 Å². The molecule has 0 fully saturated rings. The van der Waals surface area contributed by atoms with Crippen molar-refractivity contribution >= 4 is 27.0 Å². The highest BCUT2D eigenvalue weighted by Crippen LogP contribution is 2.35. The van der Waals surface area contributed by atoms with Crippen molar-refractivity contribution in [3.8, 4) is 10.6 Å². The molecule has 0 spiro atoms. The van der Waals surface area contributed by atoms with Crippen LogP contribution in [0, 0.1) is 0 Å². The molecule has 2 N–H and O–H groups in total. The van der Waals surface area contributed by atoms with Crippen molar-refractivity contribution in [1.29, 1.82) is 0 Å². The Kier molecular flexibility index (Phi) is 6.25. The predicted octanol–water partition coefficient (Wildman–Crippen LogP) is 4.47. The number of aryl methyl sites for hydroxylation is 1. The maximum atomic E-state index is 12.9. The van der Waals surface area contributed by atoms with Gasteiger partial charge in [-0.2, -0.15) is 18.3 Å². The molecule has 162 valence electrons. The molecule has 0 aliphatic carbocycles. The number of halogens is 3. The van der Waals surface area contributed by atoms with E-state index in [0.717, 1.165) is 27.6 Å². The van der Waals surface area contributed by atoms with Crippen LogP contribution in [0.5, 0.6) is 0 Å². The van der Waals surface area contributed by atoms with Gasteiger partial charge in [0.1, 0.15) is 4.21 Å². The monoisotopic (exact) mass is 458 g/mol. The van der Waals surface area contributed by atoms with Crippen LogP contribution < -0.4 is 10.0 Å². The molecule has 3 aromatic rings. The zero-order valence-electron chi connectivity index (χ0n) is 16.5. The molecule has 11 heteroatoms. The summed E-state index contributed by atoms with van der Waals surface area (Å²) in [6, 6.07) is 11.0. The van der Waals surface area contributed by atoms with Crippen molar-refractivity contribution in [3.63, 3.8) is 0 Å². The number of nitrogens with one attached hydrogen (secondary N) is 2. The minimum Gasteiger partial charge on any atom is -0.310 e. The summed E-state index contributed by atoms with van der Waals surface area (Å²) in [6.45, 7) is 4.46. The highest BCUT2D eigenvalue weighted by atomic mass is 32.2. The molecule has 0 amide bonds. The molecule has 2 aromatic heterocycles. The average molecular weight is 459 g/mol. The molecule has 0 atom stereocenters. The second-order valence-electron chi connectivity index (χ2n) is 6.95. The smallest absolute Gasteiger partial charge is 0.310 e. The number of para-hydroxylation sites is 1. The standard InChI is InChI=1S/C19H21F3N4O2S2/c1-12(2)23-11-13-6-4-5-7-14(13)25-30(27,28)18-9-8-16(29-18)15-10-17(19(20,21)22)24-26(15)3/h4-10,12,23,25H,11H2,1-3H3. The molecule has 2 heterocycles. The number of anilines is 1. The summed E-state index contributed by atoms with van der Waals surface area (Å²) in [5.41, 5.74) is 0.395. The summed E-state index contributed by atoms with van der Waals surface area (Å²) < 4.78 is 68.1. The zero-order valence-corrected chi connectivity index (χ0v) is 18.1. The topological polar surface area (TPSA) is 76.0 Å². The normalized spacial score (nSPS) is 12.5. The number of hydrogen-bond donors (Lipinski definition) is 2. The van der Waals surface area contributed by atoms with Crippen LogP contribution in [-0.2, 0) is 29.8 Å². The van der Waals surface area contributed by atoms with Gasteiger partial charge in [0.05, 0.1) is 16.3 Å². The Morgan fingerprint density at radius 1 is 1.17 bits per heavy atom. The first-order chi connectivity index (χ1) is 14.0. The highest BCUT2D eigenvalue weighted by Gasteiger charge is 2.35. The van der Waals surface area contributed by atoms with Crippen molar-refractivity contribution < 1.29 is 21.6 Å². The van der Waals surface area contributed by atoms with Gasteiger partial charge < -0.3 is 5.32 Å². The maximum absolute atomic E-state index is 12.9. The molecule has 3 rings (SSSR count). The predicted molar refractivity (Wildman–Crippen MR) is 111 cm³/mol. The number of nitrogens with zero attached hydrogens (tertiary/aromatic N) is 2. The van der Waals surface area contributed by atoms with Crippen LogP contribution in [0.2, 0.25) is 0 Å². The summed E-state index contributed by atoms with van der Waals surface area (Å²) in [6.07, 6.45) is -4.57. The van der Waals surface area contributed by atoms with Crippen molar-refractivity contribution in [1.82, 2.24) is 15.1 Å². The van der Waals surface area contributed by atoms with Crippen molar-refractivity contribution in [2.24, 2.45) is 7.05 Å². The van der Waals surface area contributed by atoms with Crippen molar-refractivity contribution in [2.45, 2.75) is 36.8 Å². The average Bonchev–Trinajstić information content (AvgIpc) is 3.27. The molecule has 6 nitrogen and oxygen atoms in total. The number of rotatable bonds is 7. The van der Waals surface area contributed by atoms with Crippen molar-refractivity contribution in [2.75, 3.05) is 4.72 Å². The second kappa shape index (κ2) is 8.40. The van der Waals surface area contributed by atoms with Crippen LogP contribution >= 0.6 is 11.3 Å². The fraction of sp³-hybridized carbons (Fsp3) is 0.316. The third kappa shape index (κ3) is 5.02. The van der Waals surface area contributed by atoms with Gasteiger partial charge in [0, 0.05) is 19.6 Å². The van der Waals surface area contributed by atoms with Crippen LogP contribution in [0.4, 0.5) is 18.9 Å². The maximum Gasteiger partial charge on any atom is 0.435 e. The molecule has 0 radical (unpaired) electrons. The largest absolute Gasteiger partial charge is 0.435 e. The Hall–Kier alpha value is -2.37. The fourth-order valence-corrected chi connectivity index (χ4v) is 5.18. The third-order valence-electron chi connectivity index (χ3n) is 4.23. The third-order valence-corrected chi connectivity index (χ3v) is 7.20. The van der Waals surface area contributed by atoms with Gasteiger partial charge >= 0.3 is 6.18 Å². The van der Waals surface area contributed by atoms with Crippen LogP contribution in [0.15, 0.2) is 46.7 Å². The van der Waals surface area contributed by atoms with Crippen LogP contribution in [0.25, 0.3) is 10.6 Å². The molecular formula is C19H21F3N4O2S2. The minimum absolute atomic E-state index is 0.00104. The van der Waals surface area contributed by atoms with Gasteiger partial charge in [-0.1, -0.05) is 32.0 Å². The van der Waals surface area contributed by atoms with E-state index in [1.54, 1.807) is 12.1 Å². The molecule has 0 unspecified atom stereocenters. The van der Waals surface area contributed by atoms with Gasteiger partial charge in [0.25, 0.3) is 10.0 Å². The van der Waals surface area contributed by atoms with E-state index >= 15 is 0 Å². The lowest BCUT2D eigenvalue weighted by molar-refractivity contribution is -0.141. The van der Waals surface area contributed by atoms with E-state index in [0.29, 0.717) is 17.1 Å². The lowest BCUT2D eigenvalue weighted by Crippen LogP contribution is -2.23. The molecule has 30 heavy (non-hydrogen) atoms. The van der Waals surface area contributed by atoms with Gasteiger partial charge in [0.15, 0.2) is 5.69 Å². The quantitative estimate of drug-likeness (QED) is 0.548. The Morgan fingerprint density at radius 3 is 2.50 bits per heavy atom. The highest BCUT2D eigenvalue weighted by molar-refractivity contribution is 7.94. The molecule has 0 bridgehead atoms. The summed E-state index contributed by atoms with van der Waals surface area (Å²) >= 11 is 0.880. The zero-order chi connectivity index (χ0) is 22.1. The van der Waals surface area contributed by atoms with E-state index in [4.69, 9.17) is 0 Å². The Morgan fingerprint density at radius 2 is 1.87 bits per heavy atom. The van der Waals surface area contributed by atoms with E-state index in [9.17, 15) is 21.6 Å². The Bertz CT molecular complexity index is 1130. The number of benzene rings is 1. The first kappa shape index (κ1) is 22.3. The Balaban J connectivity index is 1.86. The fourth-order valence-electron chi connectivity index (χ4n) is 2.72. The van der Waals surface area contributed by atoms with Crippen LogP contribution in [0.1, 0.15) is 25.1 Å². The molecule has 0 aliphatic heterocycles. The molecule has 0 saturated carbocycles. The first-order valence-electron chi connectivity index (χ1n) is 9.03. The summed E-state index contributed by atoms with van der Waals surface area (Å²) in [5.74, 6) is 0. The Labute approximate surface area is 176 Å². The van der Waals surface area contributed by atoms with E-state index in [-0.39, 0.29) is 15.9 Å². The van der Waals surface area contributed by atoms with Gasteiger partial charge in [-0.05, 0) is 29.8 Å². The molecular weight excluding hydrogens is 437 g/mol. The van der Waals surface area contributed by atoms with Gasteiger partial charge in [0.2, 0.25) is 0 Å². The summed E-state index contributed by atoms with van der Waals surface area (Å²) in [7, 11) is -2.52. The lowest BCUT2D eigenvalue weighted by Gasteiger charge is -2.14. The van der Waals surface area contributed by atoms with E-state index in [2.05, 4.69) is 15.1 Å². The second-order valence-corrected chi connectivity index (χ2v) is 9.95.